The van der Waals surface area contributed by atoms with Gasteiger partial charge in [0.25, 0.3) is 5.69 Å². The maximum absolute atomic E-state index is 12.3. The van der Waals surface area contributed by atoms with Crippen LogP contribution >= 0.6 is 0 Å². The highest BCUT2D eigenvalue weighted by Gasteiger charge is 2.28. The molecule has 118 valence electrons. The van der Waals surface area contributed by atoms with Crippen molar-refractivity contribution in [2.45, 2.75) is 12.3 Å². The molecule has 0 aliphatic rings. The van der Waals surface area contributed by atoms with Crippen molar-refractivity contribution in [3.05, 3.63) is 86.0 Å². The number of para-hydroxylation sites is 1. The van der Waals surface area contributed by atoms with E-state index in [9.17, 15) is 25.0 Å². The molecule has 0 amide bonds. The van der Waals surface area contributed by atoms with Gasteiger partial charge in [0.2, 0.25) is 6.54 Å². The number of benzene rings is 2. The van der Waals surface area contributed by atoms with Crippen LogP contribution < -0.4 is 0 Å². The van der Waals surface area contributed by atoms with Crippen molar-refractivity contribution in [1.29, 1.82) is 0 Å². The summed E-state index contributed by atoms with van der Waals surface area (Å²) in [5, 5.41) is 22.0. The second-order valence-electron chi connectivity index (χ2n) is 5.02. The lowest BCUT2D eigenvalue weighted by atomic mass is 9.90. The number of carbonyl (C=O) groups is 1. The second-order valence-corrected chi connectivity index (χ2v) is 5.02. The number of rotatable bonds is 7. The number of Topliss-reactive ketones (excluding diaryl/α,β-unsaturated/α-hetero) is 1. The molecule has 7 heteroatoms. The molecule has 2 aromatic rings. The van der Waals surface area contributed by atoms with Crippen molar-refractivity contribution < 1.29 is 14.6 Å². The normalized spacial score (nSPS) is 11.7. The maximum Gasteiger partial charge on any atom is 0.273 e. The minimum Gasteiger partial charge on any atom is -0.294 e. The van der Waals surface area contributed by atoms with Crippen molar-refractivity contribution in [3.8, 4) is 0 Å². The van der Waals surface area contributed by atoms with Gasteiger partial charge < -0.3 is 0 Å². The number of nitrogens with zero attached hydrogens (tertiary/aromatic N) is 2. The topological polar surface area (TPSA) is 103 Å². The molecule has 0 radical (unpaired) electrons. The fourth-order valence-corrected chi connectivity index (χ4v) is 2.42. The first kappa shape index (κ1) is 16.3. The van der Waals surface area contributed by atoms with Gasteiger partial charge in [-0.15, -0.1) is 0 Å². The van der Waals surface area contributed by atoms with E-state index in [0.29, 0.717) is 5.56 Å². The van der Waals surface area contributed by atoms with E-state index < -0.39 is 22.3 Å². The average molecular weight is 314 g/mol. The van der Waals surface area contributed by atoms with Crippen LogP contribution in [0.5, 0.6) is 0 Å². The summed E-state index contributed by atoms with van der Waals surface area (Å²) in [5.41, 5.74) is 0.429. The van der Waals surface area contributed by atoms with E-state index >= 15 is 0 Å². The van der Waals surface area contributed by atoms with Crippen molar-refractivity contribution in [3.63, 3.8) is 0 Å². The maximum atomic E-state index is 12.3. The van der Waals surface area contributed by atoms with E-state index in [-0.39, 0.29) is 23.5 Å². The minimum absolute atomic E-state index is 0.157. The molecular formula is C16H14N2O5. The fraction of sp³-hybridized carbons (Fsp3) is 0.188. The number of hydrogen-bond acceptors (Lipinski definition) is 5. The Hall–Kier alpha value is -3.09. The van der Waals surface area contributed by atoms with Crippen molar-refractivity contribution in [1.82, 2.24) is 0 Å². The summed E-state index contributed by atoms with van der Waals surface area (Å²) in [6, 6.07) is 14.2. The van der Waals surface area contributed by atoms with Crippen molar-refractivity contribution in [2.75, 3.05) is 6.54 Å². The smallest absolute Gasteiger partial charge is 0.273 e. The monoisotopic (exact) mass is 314 g/mol. The van der Waals surface area contributed by atoms with Crippen LogP contribution in [0.4, 0.5) is 5.69 Å². The number of carbonyl (C=O) groups excluding carboxylic acids is 1. The molecule has 0 fully saturated rings. The number of hydrogen-bond donors (Lipinski definition) is 0. The molecule has 0 heterocycles. The van der Waals surface area contributed by atoms with Crippen LogP contribution in [0.1, 0.15) is 28.3 Å². The quantitative estimate of drug-likeness (QED) is 0.443. The number of ketones is 1. The molecule has 0 N–H and O–H groups in total. The molecule has 1 atom stereocenters. The Morgan fingerprint density at radius 2 is 1.57 bits per heavy atom. The van der Waals surface area contributed by atoms with E-state index in [1.807, 2.05) is 0 Å². The molecule has 2 aromatic carbocycles. The molecule has 0 saturated carbocycles. The summed E-state index contributed by atoms with van der Waals surface area (Å²) in [5.74, 6) is -1.13. The highest BCUT2D eigenvalue weighted by atomic mass is 16.6. The van der Waals surface area contributed by atoms with E-state index in [2.05, 4.69) is 0 Å². The van der Waals surface area contributed by atoms with E-state index in [1.54, 1.807) is 36.4 Å². The third kappa shape index (κ3) is 4.19. The van der Waals surface area contributed by atoms with Gasteiger partial charge in [-0.05, 0) is 0 Å². The lowest BCUT2D eigenvalue weighted by Crippen LogP contribution is -2.17. The van der Waals surface area contributed by atoms with Gasteiger partial charge in [0, 0.05) is 28.5 Å². The second kappa shape index (κ2) is 7.26. The van der Waals surface area contributed by atoms with Gasteiger partial charge in [0.1, 0.15) is 0 Å². The molecule has 2 rings (SSSR count). The Morgan fingerprint density at radius 1 is 0.957 bits per heavy atom. The molecule has 7 nitrogen and oxygen atoms in total. The standard InChI is InChI=1S/C16H14N2O5/c19-16(12-6-2-1-3-7-12)10-13(11-17(20)21)14-8-4-5-9-15(14)18(22)23/h1-9,13H,10-11H2/t13-/m1/s1. The van der Waals surface area contributed by atoms with Gasteiger partial charge >= 0.3 is 0 Å². The predicted octanol–water partition coefficient (Wildman–Crippen LogP) is 3.23. The SMILES string of the molecule is O=C(C[C@H](C[N+](=O)[O-])c1ccccc1[N+](=O)[O-])c1ccccc1. The van der Waals surface area contributed by atoms with Crippen LogP contribution in [0.25, 0.3) is 0 Å². The summed E-state index contributed by atoms with van der Waals surface area (Å²) in [6.45, 7) is -0.538. The van der Waals surface area contributed by atoms with Gasteiger partial charge in [0.05, 0.1) is 10.8 Å². The van der Waals surface area contributed by atoms with E-state index in [1.165, 1.54) is 18.2 Å². The van der Waals surface area contributed by atoms with Crippen LogP contribution in [-0.2, 0) is 0 Å². The van der Waals surface area contributed by atoms with Crippen LogP contribution in [-0.4, -0.2) is 22.2 Å². The summed E-state index contributed by atoms with van der Waals surface area (Å²) in [4.78, 5) is 33.2. The fourth-order valence-electron chi connectivity index (χ4n) is 2.42. The predicted molar refractivity (Wildman–Crippen MR) is 83.1 cm³/mol. The Morgan fingerprint density at radius 3 is 2.17 bits per heavy atom. The highest BCUT2D eigenvalue weighted by Crippen LogP contribution is 2.30. The summed E-state index contributed by atoms with van der Waals surface area (Å²) < 4.78 is 0. The molecule has 0 bridgehead atoms. The first-order valence-electron chi connectivity index (χ1n) is 6.92. The molecule has 0 spiro atoms. The van der Waals surface area contributed by atoms with Gasteiger partial charge in [0.15, 0.2) is 5.78 Å². The lowest BCUT2D eigenvalue weighted by Gasteiger charge is -2.13. The van der Waals surface area contributed by atoms with Gasteiger partial charge in [-0.25, -0.2) is 0 Å². The van der Waals surface area contributed by atoms with E-state index in [4.69, 9.17) is 0 Å². The highest BCUT2D eigenvalue weighted by molar-refractivity contribution is 5.96. The van der Waals surface area contributed by atoms with E-state index in [0.717, 1.165) is 0 Å². The Bertz CT molecular complexity index is 730. The largest absolute Gasteiger partial charge is 0.294 e. The number of nitro groups is 2. The molecule has 0 aliphatic carbocycles. The van der Waals surface area contributed by atoms with Crippen LogP contribution in [0, 0.1) is 20.2 Å². The van der Waals surface area contributed by atoms with Gasteiger partial charge in [-0.2, -0.15) is 0 Å². The van der Waals surface area contributed by atoms with Crippen molar-refractivity contribution >= 4 is 11.5 Å². The zero-order valence-electron chi connectivity index (χ0n) is 12.1. The number of nitro benzene ring substituents is 1. The van der Waals surface area contributed by atoms with Gasteiger partial charge in [-0.1, -0.05) is 48.5 Å². The average Bonchev–Trinajstić information content (AvgIpc) is 2.54. The Labute approximate surface area is 131 Å². The first-order valence-corrected chi connectivity index (χ1v) is 6.92. The minimum atomic E-state index is -0.848. The third-order valence-corrected chi connectivity index (χ3v) is 3.47. The summed E-state index contributed by atoms with van der Waals surface area (Å²) in [7, 11) is 0. The molecule has 0 unspecified atom stereocenters. The van der Waals surface area contributed by atoms with Crippen LogP contribution in [0.15, 0.2) is 54.6 Å². The zero-order chi connectivity index (χ0) is 16.8. The summed E-state index contributed by atoms with van der Waals surface area (Å²) in [6.07, 6.45) is -0.157. The molecule has 0 aliphatic heterocycles. The lowest BCUT2D eigenvalue weighted by molar-refractivity contribution is -0.483. The van der Waals surface area contributed by atoms with Crippen molar-refractivity contribution in [2.24, 2.45) is 0 Å². The molecule has 0 aromatic heterocycles. The van der Waals surface area contributed by atoms with Crippen LogP contribution in [0.3, 0.4) is 0 Å². The molecular weight excluding hydrogens is 300 g/mol. The van der Waals surface area contributed by atoms with Gasteiger partial charge in [-0.3, -0.25) is 25.0 Å². The molecule has 0 saturated heterocycles. The molecule has 23 heavy (non-hydrogen) atoms. The first-order chi connectivity index (χ1) is 11.0. The zero-order valence-corrected chi connectivity index (χ0v) is 12.1. The van der Waals surface area contributed by atoms with Crippen LogP contribution in [0.2, 0.25) is 0 Å². The third-order valence-electron chi connectivity index (χ3n) is 3.47. The summed E-state index contributed by atoms with van der Waals surface area (Å²) >= 11 is 0. The Balaban J connectivity index is 2.33. The Kier molecular flexibility index (Phi) is 5.14.